The van der Waals surface area contributed by atoms with Gasteiger partial charge >= 0.3 is 0 Å². The molecule has 0 unspecified atom stereocenters. The first-order chi connectivity index (χ1) is 11.6. The molecule has 24 heavy (non-hydrogen) atoms. The smallest absolute Gasteiger partial charge is 0.162 e. The normalized spacial score (nSPS) is 23.0. The van der Waals surface area contributed by atoms with Crippen LogP contribution in [0.1, 0.15) is 39.2 Å². The monoisotopic (exact) mass is 318 g/mol. The molecule has 0 amide bonds. The third-order valence-corrected chi connectivity index (χ3v) is 5.21. The fourth-order valence-electron chi connectivity index (χ4n) is 3.60. The number of hydrogen-bond acceptors (Lipinski definition) is 1. The summed E-state index contributed by atoms with van der Waals surface area (Å²) in [4.78, 5) is 12.8. The van der Waals surface area contributed by atoms with Crippen LogP contribution in [0.2, 0.25) is 0 Å². The van der Waals surface area contributed by atoms with Crippen LogP contribution in [0, 0.1) is 17.8 Å². The van der Waals surface area contributed by atoms with Crippen LogP contribution in [0.3, 0.4) is 0 Å². The van der Waals surface area contributed by atoms with E-state index < -0.39 is 0 Å². The van der Waals surface area contributed by atoms with Crippen LogP contribution in [0.25, 0.3) is 17.2 Å². The molecule has 1 aliphatic rings. The number of carbonyl (C=O) groups is 1. The molecular weight excluding hydrogens is 292 g/mol. The zero-order chi connectivity index (χ0) is 17.1. The summed E-state index contributed by atoms with van der Waals surface area (Å²) in [7, 11) is 0. The quantitative estimate of drug-likeness (QED) is 0.633. The van der Waals surface area contributed by atoms with E-state index in [1.54, 1.807) is 0 Å². The largest absolute Gasteiger partial charge is 0.294 e. The molecule has 0 heterocycles. The molecule has 0 radical (unpaired) electrons. The summed E-state index contributed by atoms with van der Waals surface area (Å²) < 4.78 is 0. The van der Waals surface area contributed by atoms with E-state index in [2.05, 4.69) is 75.4 Å². The Hall–Kier alpha value is -2.15. The fourth-order valence-corrected chi connectivity index (χ4v) is 3.60. The Morgan fingerprint density at radius 2 is 1.54 bits per heavy atom. The number of hydrogen-bond donors (Lipinski definition) is 0. The fraction of sp³-hybridized carbons (Fsp3) is 0.348. The van der Waals surface area contributed by atoms with Crippen molar-refractivity contribution in [1.29, 1.82) is 0 Å². The Bertz CT molecular complexity index is 722. The van der Waals surface area contributed by atoms with Gasteiger partial charge < -0.3 is 0 Å². The molecule has 2 aromatic carbocycles. The van der Waals surface area contributed by atoms with E-state index in [1.165, 1.54) is 11.1 Å². The highest BCUT2D eigenvalue weighted by Crippen LogP contribution is 2.35. The zero-order valence-electron chi connectivity index (χ0n) is 14.8. The number of allylic oxidation sites excluding steroid dienone is 1. The molecule has 0 bridgehead atoms. The zero-order valence-corrected chi connectivity index (χ0v) is 14.8. The van der Waals surface area contributed by atoms with Crippen LogP contribution in [-0.4, -0.2) is 5.78 Å². The molecule has 0 saturated heterocycles. The van der Waals surface area contributed by atoms with Crippen molar-refractivity contribution in [2.45, 2.75) is 33.6 Å². The first-order valence-electron chi connectivity index (χ1n) is 8.97. The average Bonchev–Trinajstić information content (AvgIpc) is 2.59. The Morgan fingerprint density at radius 3 is 2.17 bits per heavy atom. The Labute approximate surface area is 145 Å². The Kier molecular flexibility index (Phi) is 4.99. The summed E-state index contributed by atoms with van der Waals surface area (Å²) in [5, 5.41) is 0. The summed E-state index contributed by atoms with van der Waals surface area (Å²) in [6.07, 6.45) is 4.25. The lowest BCUT2D eigenvalue weighted by molar-refractivity contribution is -0.122. The van der Waals surface area contributed by atoms with Gasteiger partial charge in [0.25, 0.3) is 0 Å². The van der Waals surface area contributed by atoms with E-state index in [9.17, 15) is 4.79 Å². The first kappa shape index (κ1) is 16.7. The average molecular weight is 318 g/mol. The maximum atomic E-state index is 12.8. The molecule has 1 fully saturated rings. The SMILES string of the molecule is CC(C)[C@@H]1CC[C@H](C)C(=Cc2ccc(-c3ccccc3)cc2)C1=O. The maximum absolute atomic E-state index is 12.8. The van der Waals surface area contributed by atoms with Crippen molar-refractivity contribution in [3.8, 4) is 11.1 Å². The third kappa shape index (κ3) is 3.51. The molecule has 0 N–H and O–H groups in total. The molecular formula is C23H26O. The second kappa shape index (κ2) is 7.17. The number of benzene rings is 2. The molecule has 2 atom stereocenters. The van der Waals surface area contributed by atoms with E-state index >= 15 is 0 Å². The summed E-state index contributed by atoms with van der Waals surface area (Å²) in [6.45, 7) is 6.49. The van der Waals surface area contributed by atoms with Crippen molar-refractivity contribution in [2.75, 3.05) is 0 Å². The van der Waals surface area contributed by atoms with Crippen molar-refractivity contribution in [2.24, 2.45) is 17.8 Å². The number of rotatable bonds is 3. The highest BCUT2D eigenvalue weighted by Gasteiger charge is 2.32. The summed E-state index contributed by atoms with van der Waals surface area (Å²) >= 11 is 0. The molecule has 1 aliphatic carbocycles. The lowest BCUT2D eigenvalue weighted by Gasteiger charge is -2.30. The maximum Gasteiger partial charge on any atom is 0.162 e. The molecule has 0 aliphatic heterocycles. The van der Waals surface area contributed by atoms with Gasteiger partial charge in [0, 0.05) is 5.92 Å². The van der Waals surface area contributed by atoms with E-state index in [1.807, 2.05) is 6.07 Å². The first-order valence-corrected chi connectivity index (χ1v) is 8.97. The number of Topliss-reactive ketones (excluding diaryl/α,β-unsaturated/α-hetero) is 1. The topological polar surface area (TPSA) is 17.1 Å². The molecule has 3 rings (SSSR count). The van der Waals surface area contributed by atoms with E-state index in [0.29, 0.717) is 17.6 Å². The second-order valence-corrected chi connectivity index (χ2v) is 7.28. The summed E-state index contributed by atoms with van der Waals surface area (Å²) in [5.74, 6) is 1.34. The van der Waals surface area contributed by atoms with Crippen LogP contribution in [0.5, 0.6) is 0 Å². The molecule has 1 nitrogen and oxygen atoms in total. The lowest BCUT2D eigenvalue weighted by Crippen LogP contribution is -2.30. The van der Waals surface area contributed by atoms with Crippen molar-refractivity contribution in [1.82, 2.24) is 0 Å². The molecule has 124 valence electrons. The van der Waals surface area contributed by atoms with Gasteiger partial charge in [-0.1, -0.05) is 75.4 Å². The van der Waals surface area contributed by atoms with Crippen molar-refractivity contribution >= 4 is 11.9 Å². The Balaban J connectivity index is 1.86. The summed E-state index contributed by atoms with van der Waals surface area (Å²) in [6, 6.07) is 18.9. The highest BCUT2D eigenvalue weighted by atomic mass is 16.1. The molecule has 1 saturated carbocycles. The third-order valence-electron chi connectivity index (χ3n) is 5.21. The van der Waals surface area contributed by atoms with Crippen molar-refractivity contribution in [3.05, 3.63) is 65.7 Å². The van der Waals surface area contributed by atoms with Crippen LogP contribution in [0.15, 0.2) is 60.2 Å². The van der Waals surface area contributed by atoms with Gasteiger partial charge in [-0.2, -0.15) is 0 Å². The van der Waals surface area contributed by atoms with Crippen LogP contribution >= 0.6 is 0 Å². The molecule has 2 aromatic rings. The standard InChI is InChI=1S/C23H26O/c1-16(2)21-14-9-17(3)22(23(21)24)15-18-10-12-20(13-11-18)19-7-5-4-6-8-19/h4-8,10-13,15-17,21H,9,14H2,1-3H3/t17-,21-/m0/s1. The van der Waals surface area contributed by atoms with Crippen molar-refractivity contribution in [3.63, 3.8) is 0 Å². The van der Waals surface area contributed by atoms with Gasteiger partial charge in [-0.25, -0.2) is 0 Å². The van der Waals surface area contributed by atoms with Crippen molar-refractivity contribution < 1.29 is 4.79 Å². The van der Waals surface area contributed by atoms with E-state index in [4.69, 9.17) is 0 Å². The van der Waals surface area contributed by atoms with Crippen LogP contribution in [-0.2, 0) is 4.79 Å². The number of carbonyl (C=O) groups excluding carboxylic acids is 1. The van der Waals surface area contributed by atoms with Gasteiger partial charge in [0.15, 0.2) is 5.78 Å². The van der Waals surface area contributed by atoms with Crippen LogP contribution in [0.4, 0.5) is 0 Å². The van der Waals surface area contributed by atoms with Gasteiger partial charge in [0.1, 0.15) is 0 Å². The summed E-state index contributed by atoms with van der Waals surface area (Å²) in [5.41, 5.74) is 4.56. The van der Waals surface area contributed by atoms with E-state index in [0.717, 1.165) is 24.0 Å². The predicted octanol–water partition coefficient (Wildman–Crippen LogP) is 6.01. The molecule has 0 aromatic heterocycles. The van der Waals surface area contributed by atoms with Gasteiger partial charge in [-0.05, 0) is 53.0 Å². The highest BCUT2D eigenvalue weighted by molar-refractivity contribution is 6.02. The van der Waals surface area contributed by atoms with Gasteiger partial charge in [0.2, 0.25) is 0 Å². The minimum absolute atomic E-state index is 0.191. The Morgan fingerprint density at radius 1 is 0.917 bits per heavy atom. The predicted molar refractivity (Wildman–Crippen MR) is 102 cm³/mol. The lowest BCUT2D eigenvalue weighted by atomic mass is 9.73. The van der Waals surface area contributed by atoms with Crippen LogP contribution < -0.4 is 0 Å². The second-order valence-electron chi connectivity index (χ2n) is 7.28. The van der Waals surface area contributed by atoms with Gasteiger partial charge in [-0.3, -0.25) is 4.79 Å². The molecule has 0 spiro atoms. The van der Waals surface area contributed by atoms with Gasteiger partial charge in [-0.15, -0.1) is 0 Å². The molecule has 1 heteroatoms. The van der Waals surface area contributed by atoms with E-state index in [-0.39, 0.29) is 5.92 Å². The van der Waals surface area contributed by atoms with Gasteiger partial charge in [0.05, 0.1) is 0 Å². The number of ketones is 1. The minimum atomic E-state index is 0.191. The minimum Gasteiger partial charge on any atom is -0.294 e.